The Morgan fingerprint density at radius 2 is 1.89 bits per heavy atom. The minimum absolute atomic E-state index is 0.169. The van der Waals surface area contributed by atoms with Gasteiger partial charge in [-0.05, 0) is 38.8 Å². The largest absolute Gasteiger partial charge is 0.319 e. The molecule has 2 atom stereocenters. The average Bonchev–Trinajstić information content (AvgIpc) is 2.78. The van der Waals surface area contributed by atoms with Crippen molar-refractivity contribution in [3.8, 4) is 0 Å². The zero-order valence-corrected chi connectivity index (χ0v) is 12.3. The van der Waals surface area contributed by atoms with Gasteiger partial charge in [0.25, 0.3) is 0 Å². The van der Waals surface area contributed by atoms with Crippen molar-refractivity contribution in [3.05, 3.63) is 47.0 Å². The molecule has 0 aliphatic heterocycles. The van der Waals surface area contributed by atoms with Crippen LogP contribution >= 0.6 is 0 Å². The van der Waals surface area contributed by atoms with Gasteiger partial charge >= 0.3 is 0 Å². The van der Waals surface area contributed by atoms with E-state index in [4.69, 9.17) is 0 Å². The molecule has 2 unspecified atom stereocenters. The molecule has 4 heteroatoms. The predicted octanol–water partition coefficient (Wildman–Crippen LogP) is 2.84. The molecule has 0 radical (unpaired) electrons. The maximum absolute atomic E-state index is 4.15. The molecule has 1 heterocycles. The number of nitrogens with one attached hydrogen (secondary N) is 1. The molecule has 1 aromatic heterocycles. The van der Waals surface area contributed by atoms with Crippen LogP contribution in [0.25, 0.3) is 0 Å². The fraction of sp³-hybridized carbons (Fsp3) is 0.467. The molecule has 0 saturated carbocycles. The zero-order valence-electron chi connectivity index (χ0n) is 12.3. The van der Waals surface area contributed by atoms with Crippen LogP contribution in [-0.4, -0.2) is 14.8 Å². The first-order chi connectivity index (χ1) is 8.99. The third-order valence-corrected chi connectivity index (χ3v) is 3.53. The van der Waals surface area contributed by atoms with E-state index in [1.54, 1.807) is 6.33 Å². The van der Waals surface area contributed by atoms with Crippen LogP contribution in [0.3, 0.4) is 0 Å². The summed E-state index contributed by atoms with van der Waals surface area (Å²) < 4.78 is 1.95. The van der Waals surface area contributed by atoms with Crippen LogP contribution in [0.5, 0.6) is 0 Å². The molecule has 19 heavy (non-hydrogen) atoms. The Kier molecular flexibility index (Phi) is 4.00. The number of rotatable bonds is 4. The van der Waals surface area contributed by atoms with Crippen LogP contribution in [0, 0.1) is 13.8 Å². The lowest BCUT2D eigenvalue weighted by atomic mass is 9.99. The first kappa shape index (κ1) is 13.7. The lowest BCUT2D eigenvalue weighted by Crippen LogP contribution is -2.25. The molecule has 0 spiro atoms. The van der Waals surface area contributed by atoms with Gasteiger partial charge in [-0.15, -0.1) is 10.2 Å². The van der Waals surface area contributed by atoms with E-state index in [-0.39, 0.29) is 12.1 Å². The molecule has 0 aliphatic carbocycles. The summed E-state index contributed by atoms with van der Waals surface area (Å²) in [5, 5.41) is 11.7. The Morgan fingerprint density at radius 1 is 1.16 bits per heavy atom. The molecule has 4 nitrogen and oxygen atoms in total. The van der Waals surface area contributed by atoms with E-state index in [1.807, 2.05) is 11.6 Å². The van der Waals surface area contributed by atoms with E-state index in [0.29, 0.717) is 0 Å². The van der Waals surface area contributed by atoms with Crippen molar-refractivity contribution in [2.24, 2.45) is 7.05 Å². The molecule has 1 N–H and O–H groups in total. The fourth-order valence-electron chi connectivity index (χ4n) is 2.45. The van der Waals surface area contributed by atoms with Gasteiger partial charge in [0, 0.05) is 13.1 Å². The average molecular weight is 258 g/mol. The summed E-state index contributed by atoms with van der Waals surface area (Å²) in [6, 6.07) is 7.03. The monoisotopic (exact) mass is 258 g/mol. The predicted molar refractivity (Wildman–Crippen MR) is 76.9 cm³/mol. The number of aryl methyl sites for hydroxylation is 3. The van der Waals surface area contributed by atoms with E-state index in [9.17, 15) is 0 Å². The normalized spacial score (nSPS) is 14.4. The van der Waals surface area contributed by atoms with E-state index in [2.05, 4.69) is 61.4 Å². The number of hydrogen-bond donors (Lipinski definition) is 1. The quantitative estimate of drug-likeness (QED) is 0.917. The summed E-state index contributed by atoms with van der Waals surface area (Å²) >= 11 is 0. The molecule has 0 amide bonds. The molecule has 102 valence electrons. The number of hydrogen-bond acceptors (Lipinski definition) is 3. The van der Waals surface area contributed by atoms with Crippen molar-refractivity contribution in [1.82, 2.24) is 20.1 Å². The topological polar surface area (TPSA) is 42.7 Å². The smallest absolute Gasteiger partial charge is 0.149 e. The van der Waals surface area contributed by atoms with Crippen molar-refractivity contribution < 1.29 is 0 Å². The molecule has 0 saturated heterocycles. The van der Waals surface area contributed by atoms with Gasteiger partial charge in [0.1, 0.15) is 12.2 Å². The molecule has 2 rings (SSSR count). The van der Waals surface area contributed by atoms with Gasteiger partial charge in [0.15, 0.2) is 0 Å². The zero-order chi connectivity index (χ0) is 14.0. The van der Waals surface area contributed by atoms with Gasteiger partial charge in [-0.3, -0.25) is 0 Å². The Hall–Kier alpha value is -1.68. The summed E-state index contributed by atoms with van der Waals surface area (Å²) in [5.41, 5.74) is 3.95. The maximum atomic E-state index is 4.15. The Morgan fingerprint density at radius 3 is 2.53 bits per heavy atom. The highest BCUT2D eigenvalue weighted by Crippen LogP contribution is 2.22. The van der Waals surface area contributed by atoms with Crippen LogP contribution in [-0.2, 0) is 7.05 Å². The van der Waals surface area contributed by atoms with E-state index in [0.717, 1.165) is 5.82 Å². The van der Waals surface area contributed by atoms with Gasteiger partial charge in [0.2, 0.25) is 0 Å². The molecule has 1 aromatic carbocycles. The first-order valence-corrected chi connectivity index (χ1v) is 6.66. The maximum Gasteiger partial charge on any atom is 0.149 e. The van der Waals surface area contributed by atoms with Crippen LogP contribution in [0.15, 0.2) is 24.5 Å². The molecule has 0 aliphatic rings. The highest BCUT2D eigenvalue weighted by molar-refractivity contribution is 5.32. The lowest BCUT2D eigenvalue weighted by Gasteiger charge is -2.21. The standard InChI is InChI=1S/C15H22N4/c1-10-6-7-11(2)14(8-10)12(3)17-13(4)15-18-16-9-19(15)5/h6-9,12-13,17H,1-5H3. The van der Waals surface area contributed by atoms with Gasteiger partial charge in [-0.2, -0.15) is 0 Å². The van der Waals surface area contributed by atoms with E-state index < -0.39 is 0 Å². The van der Waals surface area contributed by atoms with Crippen molar-refractivity contribution in [2.75, 3.05) is 0 Å². The summed E-state index contributed by atoms with van der Waals surface area (Å²) in [4.78, 5) is 0. The fourth-order valence-corrected chi connectivity index (χ4v) is 2.45. The SMILES string of the molecule is Cc1ccc(C)c(C(C)NC(C)c2nncn2C)c1. The van der Waals surface area contributed by atoms with Gasteiger partial charge in [0.05, 0.1) is 6.04 Å². The Balaban J connectivity index is 2.15. The lowest BCUT2D eigenvalue weighted by molar-refractivity contribution is 0.464. The summed E-state index contributed by atoms with van der Waals surface area (Å²) in [7, 11) is 1.97. The van der Waals surface area contributed by atoms with Gasteiger partial charge < -0.3 is 9.88 Å². The second kappa shape index (κ2) is 5.53. The first-order valence-electron chi connectivity index (χ1n) is 6.66. The van der Waals surface area contributed by atoms with Crippen LogP contribution < -0.4 is 5.32 Å². The van der Waals surface area contributed by atoms with Gasteiger partial charge in [-0.25, -0.2) is 0 Å². The second-order valence-electron chi connectivity index (χ2n) is 5.27. The Bertz CT molecular complexity index is 559. The van der Waals surface area contributed by atoms with Gasteiger partial charge in [-0.1, -0.05) is 23.8 Å². The van der Waals surface area contributed by atoms with E-state index in [1.165, 1.54) is 16.7 Å². The van der Waals surface area contributed by atoms with Crippen molar-refractivity contribution in [2.45, 2.75) is 39.8 Å². The van der Waals surface area contributed by atoms with Crippen LogP contribution in [0.4, 0.5) is 0 Å². The molecule has 0 bridgehead atoms. The van der Waals surface area contributed by atoms with Crippen LogP contribution in [0.2, 0.25) is 0 Å². The van der Waals surface area contributed by atoms with Crippen molar-refractivity contribution in [3.63, 3.8) is 0 Å². The highest BCUT2D eigenvalue weighted by Gasteiger charge is 2.16. The number of benzene rings is 1. The third-order valence-electron chi connectivity index (χ3n) is 3.53. The van der Waals surface area contributed by atoms with E-state index >= 15 is 0 Å². The second-order valence-corrected chi connectivity index (χ2v) is 5.27. The number of nitrogens with zero attached hydrogens (tertiary/aromatic N) is 3. The summed E-state index contributed by atoms with van der Waals surface area (Å²) in [5.74, 6) is 0.956. The minimum Gasteiger partial charge on any atom is -0.319 e. The molecular formula is C15H22N4. The van der Waals surface area contributed by atoms with Crippen molar-refractivity contribution >= 4 is 0 Å². The van der Waals surface area contributed by atoms with Crippen molar-refractivity contribution in [1.29, 1.82) is 0 Å². The highest BCUT2D eigenvalue weighted by atomic mass is 15.3. The number of aromatic nitrogens is 3. The summed E-state index contributed by atoms with van der Waals surface area (Å²) in [6.45, 7) is 8.59. The molecule has 0 fully saturated rings. The summed E-state index contributed by atoms with van der Waals surface area (Å²) in [6.07, 6.45) is 1.73. The van der Waals surface area contributed by atoms with Crippen LogP contribution in [0.1, 0.15) is 48.4 Å². The third kappa shape index (κ3) is 3.01. The minimum atomic E-state index is 0.169. The molecule has 2 aromatic rings. The molecular weight excluding hydrogens is 236 g/mol. The Labute approximate surface area is 114 Å².